The first kappa shape index (κ1) is 14.1. The SMILES string of the molecule is CCCN(Cc1occc1CN)CC(F)(F)F. The van der Waals surface area contributed by atoms with E-state index in [1.54, 1.807) is 6.07 Å². The van der Waals surface area contributed by atoms with Crippen LogP contribution in [0.5, 0.6) is 0 Å². The van der Waals surface area contributed by atoms with Crippen LogP contribution in [0, 0.1) is 0 Å². The van der Waals surface area contributed by atoms with Gasteiger partial charge in [0.1, 0.15) is 5.76 Å². The largest absolute Gasteiger partial charge is 0.468 e. The third-order valence-electron chi connectivity index (χ3n) is 2.37. The Labute approximate surface area is 98.4 Å². The standard InChI is InChI=1S/C11H17F3N2O/c1-2-4-16(8-11(12,13)14)7-10-9(6-15)3-5-17-10/h3,5H,2,4,6-8,15H2,1H3. The molecule has 98 valence electrons. The zero-order chi connectivity index (χ0) is 12.9. The third-order valence-corrected chi connectivity index (χ3v) is 2.37. The highest BCUT2D eigenvalue weighted by Gasteiger charge is 2.30. The number of halogens is 3. The fraction of sp³-hybridized carbons (Fsp3) is 0.636. The molecule has 17 heavy (non-hydrogen) atoms. The Bertz CT molecular complexity index is 336. The van der Waals surface area contributed by atoms with Crippen LogP contribution >= 0.6 is 0 Å². The number of furan rings is 1. The molecule has 0 aliphatic rings. The number of nitrogens with two attached hydrogens (primary N) is 1. The van der Waals surface area contributed by atoms with Gasteiger partial charge < -0.3 is 10.2 Å². The molecule has 0 atom stereocenters. The second kappa shape index (κ2) is 6.07. The second-order valence-electron chi connectivity index (χ2n) is 3.90. The van der Waals surface area contributed by atoms with Crippen LogP contribution in [0.4, 0.5) is 13.2 Å². The molecule has 0 fully saturated rings. The first-order valence-electron chi connectivity index (χ1n) is 5.50. The molecule has 2 N–H and O–H groups in total. The first-order chi connectivity index (χ1) is 7.96. The van der Waals surface area contributed by atoms with E-state index in [9.17, 15) is 13.2 Å². The van der Waals surface area contributed by atoms with Crippen molar-refractivity contribution in [3.05, 3.63) is 23.7 Å². The van der Waals surface area contributed by atoms with Crippen LogP contribution in [0.25, 0.3) is 0 Å². The lowest BCUT2D eigenvalue weighted by Gasteiger charge is -2.22. The molecule has 1 rings (SSSR count). The van der Waals surface area contributed by atoms with E-state index in [1.807, 2.05) is 6.92 Å². The average molecular weight is 250 g/mol. The highest BCUT2D eigenvalue weighted by Crippen LogP contribution is 2.20. The Morgan fingerprint density at radius 1 is 1.41 bits per heavy atom. The molecule has 1 aromatic rings. The van der Waals surface area contributed by atoms with Crippen molar-refractivity contribution in [1.82, 2.24) is 4.90 Å². The minimum Gasteiger partial charge on any atom is -0.468 e. The van der Waals surface area contributed by atoms with E-state index in [0.29, 0.717) is 18.7 Å². The summed E-state index contributed by atoms with van der Waals surface area (Å²) >= 11 is 0. The van der Waals surface area contributed by atoms with Crippen LogP contribution < -0.4 is 5.73 Å². The lowest BCUT2D eigenvalue weighted by molar-refractivity contribution is -0.147. The third kappa shape index (κ3) is 4.79. The summed E-state index contributed by atoms with van der Waals surface area (Å²) < 4.78 is 42.2. The number of rotatable bonds is 6. The summed E-state index contributed by atoms with van der Waals surface area (Å²) in [5.74, 6) is 0.519. The summed E-state index contributed by atoms with van der Waals surface area (Å²) in [6, 6.07) is 1.69. The van der Waals surface area contributed by atoms with Crippen LogP contribution in [-0.4, -0.2) is 24.2 Å². The molecule has 1 heterocycles. The van der Waals surface area contributed by atoms with Gasteiger partial charge in [0.05, 0.1) is 19.4 Å². The van der Waals surface area contributed by atoms with E-state index in [-0.39, 0.29) is 13.1 Å². The average Bonchev–Trinajstić information content (AvgIpc) is 2.63. The molecule has 0 saturated carbocycles. The minimum absolute atomic E-state index is 0.146. The molecule has 6 heteroatoms. The van der Waals surface area contributed by atoms with Gasteiger partial charge in [0.15, 0.2) is 0 Å². The Balaban J connectivity index is 2.66. The molecule has 0 aliphatic heterocycles. The van der Waals surface area contributed by atoms with Gasteiger partial charge in [-0.15, -0.1) is 0 Å². The maximum absolute atomic E-state index is 12.3. The minimum atomic E-state index is -4.19. The van der Waals surface area contributed by atoms with Crippen molar-refractivity contribution in [3.8, 4) is 0 Å². The monoisotopic (exact) mass is 250 g/mol. The van der Waals surface area contributed by atoms with E-state index < -0.39 is 12.7 Å². The van der Waals surface area contributed by atoms with Crippen molar-refractivity contribution in [1.29, 1.82) is 0 Å². The first-order valence-corrected chi connectivity index (χ1v) is 5.50. The van der Waals surface area contributed by atoms with E-state index in [1.165, 1.54) is 11.2 Å². The van der Waals surface area contributed by atoms with Crippen molar-refractivity contribution in [2.75, 3.05) is 13.1 Å². The lowest BCUT2D eigenvalue weighted by Crippen LogP contribution is -2.34. The summed E-state index contributed by atoms with van der Waals surface area (Å²) in [4.78, 5) is 1.32. The lowest BCUT2D eigenvalue weighted by atomic mass is 10.2. The molecular formula is C11H17F3N2O. The fourth-order valence-electron chi connectivity index (χ4n) is 1.67. The zero-order valence-corrected chi connectivity index (χ0v) is 9.76. The maximum atomic E-state index is 12.3. The Hall–Kier alpha value is -1.01. The maximum Gasteiger partial charge on any atom is 0.401 e. The van der Waals surface area contributed by atoms with Crippen LogP contribution in [0.3, 0.4) is 0 Å². The normalized spacial score (nSPS) is 12.4. The molecule has 0 unspecified atom stereocenters. The Morgan fingerprint density at radius 2 is 2.12 bits per heavy atom. The van der Waals surface area contributed by atoms with Crippen molar-refractivity contribution >= 4 is 0 Å². The van der Waals surface area contributed by atoms with Crippen molar-refractivity contribution in [2.24, 2.45) is 5.73 Å². The molecule has 0 saturated heterocycles. The van der Waals surface area contributed by atoms with Crippen LogP contribution in [0.1, 0.15) is 24.7 Å². The predicted molar refractivity (Wildman–Crippen MR) is 58.2 cm³/mol. The zero-order valence-electron chi connectivity index (χ0n) is 9.76. The molecule has 3 nitrogen and oxygen atoms in total. The number of hydrogen-bond donors (Lipinski definition) is 1. The highest BCUT2D eigenvalue weighted by molar-refractivity contribution is 5.16. The summed E-state index contributed by atoms with van der Waals surface area (Å²) in [5, 5.41) is 0. The van der Waals surface area contributed by atoms with Gasteiger partial charge >= 0.3 is 6.18 Å². The van der Waals surface area contributed by atoms with E-state index in [2.05, 4.69) is 0 Å². The van der Waals surface area contributed by atoms with E-state index >= 15 is 0 Å². The quantitative estimate of drug-likeness (QED) is 0.843. The van der Waals surface area contributed by atoms with Gasteiger partial charge in [-0.3, -0.25) is 4.90 Å². The summed E-state index contributed by atoms with van der Waals surface area (Å²) in [7, 11) is 0. The molecule has 1 aromatic heterocycles. The number of nitrogens with zero attached hydrogens (tertiary/aromatic N) is 1. The van der Waals surface area contributed by atoms with Gasteiger partial charge in [-0.2, -0.15) is 13.2 Å². The number of alkyl halides is 3. The van der Waals surface area contributed by atoms with Gasteiger partial charge in [0.2, 0.25) is 0 Å². The van der Waals surface area contributed by atoms with Crippen molar-refractivity contribution < 1.29 is 17.6 Å². The van der Waals surface area contributed by atoms with Gasteiger partial charge in [-0.25, -0.2) is 0 Å². The molecule has 0 aliphatic carbocycles. The van der Waals surface area contributed by atoms with Gasteiger partial charge in [-0.1, -0.05) is 6.92 Å². The predicted octanol–water partition coefficient (Wildman–Crippen LogP) is 2.51. The van der Waals surface area contributed by atoms with Crippen LogP contribution in [0.2, 0.25) is 0 Å². The van der Waals surface area contributed by atoms with Crippen molar-refractivity contribution in [3.63, 3.8) is 0 Å². The van der Waals surface area contributed by atoms with Crippen LogP contribution in [0.15, 0.2) is 16.7 Å². The summed E-state index contributed by atoms with van der Waals surface area (Å²) in [5.41, 5.74) is 6.23. The summed E-state index contributed by atoms with van der Waals surface area (Å²) in [6.07, 6.45) is -2.07. The molecule has 0 spiro atoms. The number of hydrogen-bond acceptors (Lipinski definition) is 3. The molecule has 0 bridgehead atoms. The van der Waals surface area contributed by atoms with Gasteiger partial charge in [-0.05, 0) is 19.0 Å². The van der Waals surface area contributed by atoms with Crippen LogP contribution in [-0.2, 0) is 13.1 Å². The Morgan fingerprint density at radius 3 is 2.65 bits per heavy atom. The fourth-order valence-corrected chi connectivity index (χ4v) is 1.67. The van der Waals surface area contributed by atoms with Crippen molar-refractivity contribution in [2.45, 2.75) is 32.6 Å². The molecule has 0 aromatic carbocycles. The second-order valence-corrected chi connectivity index (χ2v) is 3.90. The summed E-state index contributed by atoms with van der Waals surface area (Å²) in [6.45, 7) is 1.72. The smallest absolute Gasteiger partial charge is 0.401 e. The van der Waals surface area contributed by atoms with Gasteiger partial charge in [0.25, 0.3) is 0 Å². The van der Waals surface area contributed by atoms with E-state index in [4.69, 9.17) is 10.2 Å². The highest BCUT2D eigenvalue weighted by atomic mass is 19.4. The molecule has 0 amide bonds. The molecular weight excluding hydrogens is 233 g/mol. The topological polar surface area (TPSA) is 42.4 Å². The Kier molecular flexibility index (Phi) is 5.02. The molecule has 0 radical (unpaired) electrons. The van der Waals surface area contributed by atoms with E-state index in [0.717, 1.165) is 5.56 Å². The van der Waals surface area contributed by atoms with Gasteiger partial charge in [0, 0.05) is 12.1 Å².